The molecule has 0 fully saturated rings. The van der Waals surface area contributed by atoms with Crippen molar-refractivity contribution in [2.75, 3.05) is 5.75 Å². The molecule has 0 aliphatic heterocycles. The van der Waals surface area contributed by atoms with Crippen molar-refractivity contribution in [3.05, 3.63) is 65.1 Å². The predicted molar refractivity (Wildman–Crippen MR) is 82.7 cm³/mol. The van der Waals surface area contributed by atoms with Gasteiger partial charge in [-0.1, -0.05) is 29.8 Å². The molecular formula is C16H10ClFO2S. The average Bonchev–Trinajstić information content (AvgIpc) is 2.90. The number of thioether (sulfide) groups is 1. The van der Waals surface area contributed by atoms with Gasteiger partial charge in [0.1, 0.15) is 0 Å². The van der Waals surface area contributed by atoms with E-state index in [1.54, 1.807) is 30.3 Å². The maximum absolute atomic E-state index is 13.5. The summed E-state index contributed by atoms with van der Waals surface area (Å²) in [5, 5.41) is 1.21. The van der Waals surface area contributed by atoms with Crippen molar-refractivity contribution in [2.45, 2.75) is 4.90 Å². The summed E-state index contributed by atoms with van der Waals surface area (Å²) in [6, 6.07) is 13.4. The molecular weight excluding hydrogens is 311 g/mol. The molecule has 3 rings (SSSR count). The number of fused-ring (bicyclic) bond motifs is 1. The summed E-state index contributed by atoms with van der Waals surface area (Å²) in [6.07, 6.45) is 0. The normalized spacial score (nSPS) is 11.0. The van der Waals surface area contributed by atoms with E-state index in [2.05, 4.69) is 0 Å². The Labute approximate surface area is 129 Å². The van der Waals surface area contributed by atoms with E-state index in [9.17, 15) is 9.18 Å². The first-order valence-electron chi connectivity index (χ1n) is 6.23. The van der Waals surface area contributed by atoms with Crippen molar-refractivity contribution >= 4 is 40.1 Å². The van der Waals surface area contributed by atoms with Crippen LogP contribution in [0.5, 0.6) is 0 Å². The number of Topliss-reactive ketones (excluding diaryl/α,β-unsaturated/α-hetero) is 1. The van der Waals surface area contributed by atoms with Crippen molar-refractivity contribution in [1.29, 1.82) is 0 Å². The maximum Gasteiger partial charge on any atom is 0.208 e. The minimum Gasteiger partial charge on any atom is -0.450 e. The summed E-state index contributed by atoms with van der Waals surface area (Å²) >= 11 is 7.25. The number of hydrogen-bond donors (Lipinski definition) is 0. The Hall–Kier alpha value is -1.78. The summed E-state index contributed by atoms with van der Waals surface area (Å²) in [4.78, 5) is 13.0. The third-order valence-corrected chi connectivity index (χ3v) is 4.17. The summed E-state index contributed by atoms with van der Waals surface area (Å²) in [5.74, 6) is -0.267. The molecule has 0 bridgehead atoms. The smallest absolute Gasteiger partial charge is 0.208 e. The molecule has 0 saturated carbocycles. The minimum atomic E-state index is -0.464. The molecule has 0 aliphatic rings. The lowest BCUT2D eigenvalue weighted by molar-refractivity contribution is 0.0994. The standard InChI is InChI=1S/C16H10ClFO2S/c17-11-4-2-5-12(8-11)21-9-14(19)15-7-10-3-1-6-13(18)16(10)20-15/h1-8H,9H2. The number of ketones is 1. The first kappa shape index (κ1) is 14.2. The highest BCUT2D eigenvalue weighted by molar-refractivity contribution is 8.00. The molecule has 0 N–H and O–H groups in total. The van der Waals surface area contributed by atoms with E-state index in [0.717, 1.165) is 4.90 Å². The lowest BCUT2D eigenvalue weighted by Crippen LogP contribution is -2.00. The van der Waals surface area contributed by atoms with E-state index >= 15 is 0 Å². The SMILES string of the molecule is O=C(CSc1cccc(Cl)c1)c1cc2cccc(F)c2o1. The van der Waals surface area contributed by atoms with Crippen LogP contribution in [0.15, 0.2) is 57.8 Å². The first-order valence-corrected chi connectivity index (χ1v) is 7.59. The predicted octanol–water partition coefficient (Wildman–Crippen LogP) is 5.20. The highest BCUT2D eigenvalue weighted by Gasteiger charge is 2.14. The largest absolute Gasteiger partial charge is 0.450 e. The average molecular weight is 321 g/mol. The van der Waals surface area contributed by atoms with Crippen molar-refractivity contribution in [1.82, 2.24) is 0 Å². The molecule has 2 aromatic carbocycles. The van der Waals surface area contributed by atoms with E-state index < -0.39 is 5.82 Å². The monoisotopic (exact) mass is 320 g/mol. The lowest BCUT2D eigenvalue weighted by Gasteiger charge is -2.00. The van der Waals surface area contributed by atoms with Gasteiger partial charge in [-0.3, -0.25) is 4.79 Å². The van der Waals surface area contributed by atoms with Gasteiger partial charge in [-0.2, -0.15) is 0 Å². The van der Waals surface area contributed by atoms with Crippen LogP contribution >= 0.6 is 23.4 Å². The van der Waals surface area contributed by atoms with Crippen LogP contribution in [0.2, 0.25) is 5.02 Å². The topological polar surface area (TPSA) is 30.2 Å². The van der Waals surface area contributed by atoms with Crippen LogP contribution < -0.4 is 0 Å². The van der Waals surface area contributed by atoms with Crippen molar-refractivity contribution in [3.63, 3.8) is 0 Å². The molecule has 21 heavy (non-hydrogen) atoms. The van der Waals surface area contributed by atoms with Crippen LogP contribution in [-0.2, 0) is 0 Å². The number of hydrogen-bond acceptors (Lipinski definition) is 3. The van der Waals surface area contributed by atoms with Gasteiger partial charge < -0.3 is 4.42 Å². The summed E-state index contributed by atoms with van der Waals surface area (Å²) < 4.78 is 18.8. The Kier molecular flexibility index (Phi) is 3.99. The Morgan fingerprint density at radius 3 is 2.76 bits per heavy atom. The molecule has 2 nitrogen and oxygen atoms in total. The fourth-order valence-corrected chi connectivity index (χ4v) is 3.02. The highest BCUT2D eigenvalue weighted by atomic mass is 35.5. The second-order valence-corrected chi connectivity index (χ2v) is 5.92. The number of carbonyl (C=O) groups excluding carboxylic acids is 1. The number of benzene rings is 2. The zero-order chi connectivity index (χ0) is 14.8. The van der Waals surface area contributed by atoms with Gasteiger partial charge in [-0.25, -0.2) is 4.39 Å². The zero-order valence-corrected chi connectivity index (χ0v) is 12.4. The van der Waals surface area contributed by atoms with Crippen molar-refractivity contribution in [2.24, 2.45) is 0 Å². The molecule has 1 aromatic heterocycles. The number of halogens is 2. The Morgan fingerprint density at radius 2 is 2.00 bits per heavy atom. The number of para-hydroxylation sites is 1. The minimum absolute atomic E-state index is 0.119. The van der Waals surface area contributed by atoms with Crippen molar-refractivity contribution < 1.29 is 13.6 Å². The second-order valence-electron chi connectivity index (χ2n) is 4.44. The molecule has 0 aliphatic carbocycles. The fraction of sp³-hybridized carbons (Fsp3) is 0.0625. The fourth-order valence-electron chi connectivity index (χ4n) is 1.94. The molecule has 3 aromatic rings. The molecule has 0 saturated heterocycles. The van der Waals surface area contributed by atoms with Gasteiger partial charge in [0.15, 0.2) is 17.2 Å². The molecule has 0 unspecified atom stereocenters. The van der Waals surface area contributed by atoms with Gasteiger partial charge in [0, 0.05) is 15.3 Å². The van der Waals surface area contributed by atoms with E-state index in [-0.39, 0.29) is 22.9 Å². The van der Waals surface area contributed by atoms with Gasteiger partial charge in [0.25, 0.3) is 0 Å². The molecule has 0 radical (unpaired) electrons. The molecule has 5 heteroatoms. The molecule has 0 atom stereocenters. The van der Waals surface area contributed by atoms with Crippen LogP contribution in [-0.4, -0.2) is 11.5 Å². The third-order valence-electron chi connectivity index (χ3n) is 2.94. The van der Waals surface area contributed by atoms with Gasteiger partial charge in [-0.15, -0.1) is 11.8 Å². The maximum atomic E-state index is 13.5. The van der Waals surface area contributed by atoms with Crippen molar-refractivity contribution in [3.8, 4) is 0 Å². The third kappa shape index (κ3) is 3.12. The lowest BCUT2D eigenvalue weighted by atomic mass is 10.2. The number of rotatable bonds is 4. The Bertz CT molecular complexity index is 813. The van der Waals surface area contributed by atoms with Crippen LogP contribution in [0.1, 0.15) is 10.6 Å². The first-order chi connectivity index (χ1) is 10.1. The summed E-state index contributed by atoms with van der Waals surface area (Å²) in [6.45, 7) is 0. The Morgan fingerprint density at radius 1 is 1.19 bits per heavy atom. The second kappa shape index (κ2) is 5.92. The van der Waals surface area contributed by atoms with Crippen LogP contribution in [0.25, 0.3) is 11.0 Å². The molecule has 106 valence electrons. The van der Waals surface area contributed by atoms with Crippen LogP contribution in [0.3, 0.4) is 0 Å². The molecule has 1 heterocycles. The van der Waals surface area contributed by atoms with E-state index in [1.807, 2.05) is 12.1 Å². The van der Waals surface area contributed by atoms with Gasteiger partial charge in [0.05, 0.1) is 5.75 Å². The zero-order valence-electron chi connectivity index (χ0n) is 10.8. The number of carbonyl (C=O) groups is 1. The molecule has 0 spiro atoms. The highest BCUT2D eigenvalue weighted by Crippen LogP contribution is 2.25. The summed E-state index contributed by atoms with van der Waals surface area (Å²) in [5.41, 5.74) is 0.119. The Balaban J connectivity index is 1.76. The van der Waals surface area contributed by atoms with Crippen LogP contribution in [0, 0.1) is 5.82 Å². The quantitative estimate of drug-likeness (QED) is 0.489. The van der Waals surface area contributed by atoms with Gasteiger partial charge in [0.2, 0.25) is 5.78 Å². The van der Waals surface area contributed by atoms with E-state index in [0.29, 0.717) is 10.4 Å². The van der Waals surface area contributed by atoms with E-state index in [1.165, 1.54) is 17.8 Å². The summed E-state index contributed by atoms with van der Waals surface area (Å²) in [7, 11) is 0. The van der Waals surface area contributed by atoms with Gasteiger partial charge >= 0.3 is 0 Å². The van der Waals surface area contributed by atoms with Gasteiger partial charge in [-0.05, 0) is 30.3 Å². The van der Waals surface area contributed by atoms with E-state index in [4.69, 9.17) is 16.0 Å². The number of furan rings is 1. The molecule has 0 amide bonds. The van der Waals surface area contributed by atoms with Crippen LogP contribution in [0.4, 0.5) is 4.39 Å².